The third kappa shape index (κ3) is 4.87. The van der Waals surface area contributed by atoms with E-state index in [9.17, 15) is 31.1 Å². The average Bonchev–Trinajstić information content (AvgIpc) is 3.43. The van der Waals surface area contributed by atoms with Gasteiger partial charge in [0, 0.05) is 25.4 Å². The van der Waals surface area contributed by atoms with Crippen LogP contribution in [0.15, 0.2) is 72.8 Å². The summed E-state index contributed by atoms with van der Waals surface area (Å²) in [5.41, 5.74) is -5.70. The number of carbonyl (C=O) groups excluding carboxylic acids is 1. The highest BCUT2D eigenvalue weighted by Gasteiger charge is 2.70. The normalized spacial score (nSPS) is 20.5. The summed E-state index contributed by atoms with van der Waals surface area (Å²) in [7, 11) is 2.20. The lowest BCUT2D eigenvalue weighted by molar-refractivity contribution is -0.272. The summed E-state index contributed by atoms with van der Waals surface area (Å²) in [6.07, 6.45) is -13.1. The standard InChI is InChI=1S/C31H27F7N2O4/c1-4-44-27(41)28(24-15-17-9-5-7-11-22(17)39-24)29(42-2,43-3)25(21-10-6-8-12-23(21)40-28)26(32)18-13-19(30(33,34)35)16-20(14-18)31(36,37)38/h5-16,25-26,39-40H,4H2,1-3H3/t25-,26-,28+/m1/s1. The fourth-order valence-electron chi connectivity index (χ4n) is 6.01. The zero-order valence-electron chi connectivity index (χ0n) is 23.6. The fourth-order valence-corrected chi connectivity index (χ4v) is 6.01. The first-order valence-electron chi connectivity index (χ1n) is 13.4. The van der Waals surface area contributed by atoms with E-state index in [0.717, 1.165) is 14.2 Å². The Morgan fingerprint density at radius 3 is 2.05 bits per heavy atom. The van der Waals surface area contributed by atoms with Crippen LogP contribution in [0.1, 0.15) is 47.0 Å². The van der Waals surface area contributed by atoms with E-state index < -0.39 is 58.4 Å². The van der Waals surface area contributed by atoms with Crippen molar-refractivity contribution in [2.45, 2.75) is 42.7 Å². The molecule has 6 nitrogen and oxygen atoms in total. The van der Waals surface area contributed by atoms with Crippen molar-refractivity contribution in [1.82, 2.24) is 4.98 Å². The Bertz CT molecular complexity index is 1610. The highest BCUT2D eigenvalue weighted by atomic mass is 19.4. The molecule has 1 aliphatic heterocycles. The summed E-state index contributed by atoms with van der Waals surface area (Å²) in [5, 5.41) is 3.72. The Labute approximate surface area is 247 Å². The van der Waals surface area contributed by atoms with Crippen LogP contribution in [0.25, 0.3) is 10.9 Å². The zero-order valence-corrected chi connectivity index (χ0v) is 23.6. The second kappa shape index (κ2) is 11.1. The van der Waals surface area contributed by atoms with Crippen LogP contribution in [0.4, 0.5) is 36.4 Å². The Balaban J connectivity index is 1.85. The van der Waals surface area contributed by atoms with Crippen LogP contribution in [0, 0.1) is 0 Å². The van der Waals surface area contributed by atoms with Gasteiger partial charge in [-0.1, -0.05) is 36.4 Å². The summed E-state index contributed by atoms with van der Waals surface area (Å²) < 4.78 is 117. The number of anilines is 1. The summed E-state index contributed by atoms with van der Waals surface area (Å²) in [6.45, 7) is 1.39. The van der Waals surface area contributed by atoms with E-state index >= 15 is 4.39 Å². The molecule has 2 N–H and O–H groups in total. The Kier molecular flexibility index (Phi) is 7.91. The smallest absolute Gasteiger partial charge is 0.416 e. The number of aromatic nitrogens is 1. The van der Waals surface area contributed by atoms with Crippen LogP contribution in [0.3, 0.4) is 0 Å². The number of ether oxygens (including phenoxy) is 3. The van der Waals surface area contributed by atoms with Gasteiger partial charge in [0.15, 0.2) is 0 Å². The highest BCUT2D eigenvalue weighted by molar-refractivity contribution is 5.92. The fraction of sp³-hybridized carbons (Fsp3) is 0.323. The highest BCUT2D eigenvalue weighted by Crippen LogP contribution is 2.59. The summed E-state index contributed by atoms with van der Waals surface area (Å²) in [5.74, 6) is -5.25. The minimum atomic E-state index is -5.22. The van der Waals surface area contributed by atoms with Gasteiger partial charge >= 0.3 is 18.3 Å². The van der Waals surface area contributed by atoms with Gasteiger partial charge in [0.05, 0.1) is 29.3 Å². The van der Waals surface area contributed by atoms with E-state index in [1.807, 2.05) is 0 Å². The molecular formula is C31H27F7N2O4. The molecule has 0 radical (unpaired) electrons. The van der Waals surface area contributed by atoms with Crippen molar-refractivity contribution in [3.63, 3.8) is 0 Å². The van der Waals surface area contributed by atoms with Crippen LogP contribution in [-0.2, 0) is 36.9 Å². The molecule has 0 aliphatic carbocycles. The Morgan fingerprint density at radius 1 is 0.886 bits per heavy atom. The van der Waals surface area contributed by atoms with Gasteiger partial charge in [0.25, 0.3) is 0 Å². The number of hydrogen-bond acceptors (Lipinski definition) is 5. The number of alkyl halides is 7. The molecule has 5 rings (SSSR count). The largest absolute Gasteiger partial charge is 0.464 e. The number of aromatic amines is 1. The lowest BCUT2D eigenvalue weighted by Gasteiger charge is -2.54. The van der Waals surface area contributed by atoms with Crippen molar-refractivity contribution in [3.8, 4) is 0 Å². The van der Waals surface area contributed by atoms with Gasteiger partial charge in [-0.15, -0.1) is 0 Å². The first-order chi connectivity index (χ1) is 20.7. The van der Waals surface area contributed by atoms with Crippen molar-refractivity contribution < 1.29 is 49.7 Å². The molecule has 0 fully saturated rings. The van der Waals surface area contributed by atoms with E-state index in [0.29, 0.717) is 23.0 Å². The zero-order chi connectivity index (χ0) is 32.1. The molecule has 4 aromatic rings. The Hall–Kier alpha value is -4.10. The van der Waals surface area contributed by atoms with Gasteiger partial charge in [-0.3, -0.25) is 0 Å². The van der Waals surface area contributed by atoms with E-state index in [-0.39, 0.29) is 29.6 Å². The number of rotatable bonds is 7. The summed E-state index contributed by atoms with van der Waals surface area (Å²) >= 11 is 0. The molecule has 0 amide bonds. The van der Waals surface area contributed by atoms with E-state index in [1.165, 1.54) is 25.1 Å². The van der Waals surface area contributed by atoms with E-state index in [4.69, 9.17) is 14.2 Å². The minimum Gasteiger partial charge on any atom is -0.464 e. The molecule has 3 atom stereocenters. The molecule has 44 heavy (non-hydrogen) atoms. The van der Waals surface area contributed by atoms with Gasteiger partial charge in [-0.05, 0) is 59.8 Å². The third-order valence-electron chi connectivity index (χ3n) is 7.89. The molecule has 0 bridgehead atoms. The number of hydrogen-bond donors (Lipinski definition) is 2. The van der Waals surface area contributed by atoms with Gasteiger partial charge in [-0.2, -0.15) is 26.3 Å². The van der Waals surface area contributed by atoms with Crippen LogP contribution < -0.4 is 5.32 Å². The minimum absolute atomic E-state index is 0.0747. The molecule has 3 aromatic carbocycles. The number of para-hydroxylation sites is 2. The van der Waals surface area contributed by atoms with Crippen LogP contribution >= 0.6 is 0 Å². The molecule has 0 saturated heterocycles. The van der Waals surface area contributed by atoms with Gasteiger partial charge in [0.1, 0.15) is 6.17 Å². The number of fused-ring (bicyclic) bond motifs is 2. The number of H-pyrrole nitrogens is 1. The van der Waals surface area contributed by atoms with Gasteiger partial charge in [0.2, 0.25) is 11.3 Å². The van der Waals surface area contributed by atoms with E-state index in [1.54, 1.807) is 36.4 Å². The first kappa shape index (κ1) is 31.3. The maximum absolute atomic E-state index is 17.1. The predicted octanol–water partition coefficient (Wildman–Crippen LogP) is 7.87. The topological polar surface area (TPSA) is 72.6 Å². The van der Waals surface area contributed by atoms with Crippen molar-refractivity contribution in [2.24, 2.45) is 0 Å². The van der Waals surface area contributed by atoms with Crippen molar-refractivity contribution in [3.05, 3.63) is 101 Å². The number of methoxy groups -OCH3 is 2. The van der Waals surface area contributed by atoms with E-state index in [2.05, 4.69) is 10.3 Å². The number of carbonyl (C=O) groups is 1. The maximum Gasteiger partial charge on any atom is 0.416 e. The quantitative estimate of drug-likeness (QED) is 0.124. The number of nitrogens with one attached hydrogen (secondary N) is 2. The molecule has 0 saturated carbocycles. The molecule has 1 aliphatic rings. The SMILES string of the molecule is CCOC(=O)[C@]1(c2cc3ccccc3[nH]2)Nc2ccccc2[C@H]([C@H](F)c2cc(C(F)(F)F)cc(C(F)(F)F)c2)C1(OC)OC. The lowest BCUT2D eigenvalue weighted by Crippen LogP contribution is -2.69. The lowest BCUT2D eigenvalue weighted by atomic mass is 9.68. The summed E-state index contributed by atoms with van der Waals surface area (Å²) in [6, 6.07) is 15.0. The van der Waals surface area contributed by atoms with Crippen molar-refractivity contribution in [2.75, 3.05) is 26.1 Å². The van der Waals surface area contributed by atoms with Crippen molar-refractivity contribution >= 4 is 22.6 Å². The molecule has 1 aromatic heterocycles. The molecule has 0 spiro atoms. The molecule has 234 valence electrons. The monoisotopic (exact) mass is 624 g/mol. The van der Waals surface area contributed by atoms with Crippen LogP contribution in [0.2, 0.25) is 0 Å². The first-order valence-corrected chi connectivity index (χ1v) is 13.4. The van der Waals surface area contributed by atoms with Gasteiger partial charge < -0.3 is 24.5 Å². The summed E-state index contributed by atoms with van der Waals surface area (Å²) in [4.78, 5) is 17.2. The molecule has 13 heteroatoms. The van der Waals surface area contributed by atoms with Gasteiger partial charge in [-0.25, -0.2) is 9.18 Å². The van der Waals surface area contributed by atoms with Crippen LogP contribution in [-0.4, -0.2) is 37.6 Å². The molecular weight excluding hydrogens is 597 g/mol. The van der Waals surface area contributed by atoms with Crippen LogP contribution in [0.5, 0.6) is 0 Å². The predicted molar refractivity (Wildman–Crippen MR) is 146 cm³/mol. The second-order valence-electron chi connectivity index (χ2n) is 10.2. The third-order valence-corrected chi connectivity index (χ3v) is 7.89. The molecule has 0 unspecified atom stereocenters. The second-order valence-corrected chi connectivity index (χ2v) is 10.2. The Morgan fingerprint density at radius 2 is 1.48 bits per heavy atom. The number of halogens is 7. The van der Waals surface area contributed by atoms with Crippen molar-refractivity contribution in [1.29, 1.82) is 0 Å². The maximum atomic E-state index is 17.1. The number of esters is 1. The average molecular weight is 625 g/mol. The number of benzene rings is 3. The molecule has 2 heterocycles.